The molecule has 1 saturated heterocycles. The van der Waals surface area contributed by atoms with E-state index in [1.54, 1.807) is 0 Å². The molecular weight excluding hydrogens is 276 g/mol. The molecule has 0 atom stereocenters. The highest BCUT2D eigenvalue weighted by Gasteiger charge is 2.37. The molecule has 1 aromatic heterocycles. The third-order valence-electron chi connectivity index (χ3n) is 5.36. The maximum absolute atomic E-state index is 3.79. The lowest BCUT2D eigenvalue weighted by atomic mass is 9.79. The van der Waals surface area contributed by atoms with Gasteiger partial charge in [0.1, 0.15) is 0 Å². The first kappa shape index (κ1) is 15.5. The molecule has 0 radical (unpaired) electrons. The Hall–Kier alpha value is -0.380. The molecule has 1 aromatic rings. The second-order valence-electron chi connectivity index (χ2n) is 6.95. The summed E-state index contributed by atoms with van der Waals surface area (Å²) in [6.45, 7) is 7.10. The summed E-state index contributed by atoms with van der Waals surface area (Å²) >= 11 is 1.93. The number of aryl methyl sites for hydroxylation is 1. The second kappa shape index (κ2) is 7.26. The minimum Gasteiger partial charge on any atom is -0.310 e. The average molecular weight is 307 g/mol. The van der Waals surface area contributed by atoms with Crippen molar-refractivity contribution >= 4 is 11.3 Å². The number of thiophene rings is 1. The zero-order valence-corrected chi connectivity index (χ0v) is 14.3. The van der Waals surface area contributed by atoms with Gasteiger partial charge in [0.2, 0.25) is 0 Å². The fourth-order valence-corrected chi connectivity index (χ4v) is 5.04. The summed E-state index contributed by atoms with van der Waals surface area (Å²) in [5, 5.41) is 3.79. The lowest BCUT2D eigenvalue weighted by molar-refractivity contribution is 0.0333. The van der Waals surface area contributed by atoms with Crippen molar-refractivity contribution in [1.29, 1.82) is 0 Å². The van der Waals surface area contributed by atoms with Crippen LogP contribution >= 0.6 is 11.3 Å². The number of hydrogen-bond acceptors (Lipinski definition) is 3. The molecule has 2 aliphatic rings. The Bertz CT molecular complexity index is 428. The van der Waals surface area contributed by atoms with E-state index in [2.05, 4.69) is 29.3 Å². The minimum atomic E-state index is 0.463. The maximum atomic E-state index is 3.79. The highest BCUT2D eigenvalue weighted by atomic mass is 32.1. The quantitative estimate of drug-likeness (QED) is 0.871. The Morgan fingerprint density at radius 3 is 2.43 bits per heavy atom. The Morgan fingerprint density at radius 2 is 1.76 bits per heavy atom. The number of piperidine rings is 1. The van der Waals surface area contributed by atoms with Gasteiger partial charge in [0, 0.05) is 28.4 Å². The van der Waals surface area contributed by atoms with Gasteiger partial charge in [0.15, 0.2) is 0 Å². The van der Waals surface area contributed by atoms with Gasteiger partial charge in [-0.3, -0.25) is 4.90 Å². The molecule has 2 nitrogen and oxygen atoms in total. The van der Waals surface area contributed by atoms with Crippen LogP contribution in [0.4, 0.5) is 0 Å². The van der Waals surface area contributed by atoms with Crippen LogP contribution in [0.2, 0.25) is 0 Å². The van der Waals surface area contributed by atoms with Crippen LogP contribution in [0.5, 0.6) is 0 Å². The predicted octanol–water partition coefficient (Wildman–Crippen LogP) is 4.33. The maximum Gasteiger partial charge on any atom is 0.0334 e. The van der Waals surface area contributed by atoms with Crippen LogP contribution in [-0.4, -0.2) is 30.1 Å². The van der Waals surface area contributed by atoms with Crippen molar-refractivity contribution in [2.24, 2.45) is 0 Å². The van der Waals surface area contributed by atoms with Gasteiger partial charge in [0.25, 0.3) is 0 Å². The zero-order valence-electron chi connectivity index (χ0n) is 13.5. The first-order valence-corrected chi connectivity index (χ1v) is 9.61. The molecule has 1 aliphatic carbocycles. The van der Waals surface area contributed by atoms with Crippen LogP contribution < -0.4 is 5.32 Å². The van der Waals surface area contributed by atoms with E-state index >= 15 is 0 Å². The topological polar surface area (TPSA) is 15.3 Å². The molecule has 0 spiro atoms. The van der Waals surface area contributed by atoms with Crippen LogP contribution in [-0.2, 0) is 6.54 Å². The van der Waals surface area contributed by atoms with E-state index in [0.29, 0.717) is 5.54 Å². The van der Waals surface area contributed by atoms with Gasteiger partial charge in [-0.15, -0.1) is 11.3 Å². The summed E-state index contributed by atoms with van der Waals surface area (Å²) in [5.74, 6) is 0. The minimum absolute atomic E-state index is 0.463. The summed E-state index contributed by atoms with van der Waals surface area (Å²) < 4.78 is 0. The van der Waals surface area contributed by atoms with E-state index in [-0.39, 0.29) is 0 Å². The molecule has 21 heavy (non-hydrogen) atoms. The molecule has 0 amide bonds. The summed E-state index contributed by atoms with van der Waals surface area (Å²) in [7, 11) is 0. The molecule has 3 heteroatoms. The molecule has 0 aromatic carbocycles. The van der Waals surface area contributed by atoms with Crippen LogP contribution in [0.25, 0.3) is 0 Å². The largest absolute Gasteiger partial charge is 0.310 e. The highest BCUT2D eigenvalue weighted by Crippen LogP contribution is 2.35. The van der Waals surface area contributed by atoms with Crippen molar-refractivity contribution in [3.05, 3.63) is 21.9 Å². The highest BCUT2D eigenvalue weighted by molar-refractivity contribution is 7.11. The smallest absolute Gasteiger partial charge is 0.0334 e. The lowest BCUT2D eigenvalue weighted by Gasteiger charge is -2.48. The molecule has 0 bridgehead atoms. The zero-order chi connectivity index (χ0) is 14.5. The predicted molar refractivity (Wildman–Crippen MR) is 92.0 cm³/mol. The van der Waals surface area contributed by atoms with Crippen molar-refractivity contribution < 1.29 is 0 Å². The number of rotatable bonds is 5. The molecule has 2 heterocycles. The summed E-state index contributed by atoms with van der Waals surface area (Å²) in [5.41, 5.74) is 0.463. The number of likely N-dealkylation sites (tertiary alicyclic amines) is 1. The first-order valence-electron chi connectivity index (χ1n) is 8.80. The Balaban J connectivity index is 1.59. The van der Waals surface area contributed by atoms with Gasteiger partial charge >= 0.3 is 0 Å². The third-order valence-corrected chi connectivity index (χ3v) is 6.36. The van der Waals surface area contributed by atoms with Gasteiger partial charge in [-0.05, 0) is 57.8 Å². The number of hydrogen-bond donors (Lipinski definition) is 1. The Labute approximate surface area is 133 Å². The van der Waals surface area contributed by atoms with Gasteiger partial charge in [-0.25, -0.2) is 0 Å². The Morgan fingerprint density at radius 1 is 1.05 bits per heavy atom. The molecule has 0 unspecified atom stereocenters. The summed E-state index contributed by atoms with van der Waals surface area (Å²) in [6.07, 6.45) is 11.4. The van der Waals surface area contributed by atoms with Crippen molar-refractivity contribution in [2.45, 2.75) is 70.4 Å². The molecule has 3 rings (SSSR count). The average Bonchev–Trinajstić information content (AvgIpc) is 2.95. The summed E-state index contributed by atoms with van der Waals surface area (Å²) in [4.78, 5) is 5.75. The van der Waals surface area contributed by atoms with Crippen molar-refractivity contribution in [1.82, 2.24) is 10.2 Å². The van der Waals surface area contributed by atoms with E-state index in [1.807, 2.05) is 11.3 Å². The van der Waals surface area contributed by atoms with E-state index in [0.717, 1.165) is 6.54 Å². The van der Waals surface area contributed by atoms with Gasteiger partial charge in [-0.2, -0.15) is 0 Å². The second-order valence-corrected chi connectivity index (χ2v) is 8.32. The standard InChI is InChI=1S/C18H30N2S/c1-16-8-9-17(21-16)14-19-15-18(10-4-2-5-11-18)20-12-6-3-7-13-20/h8-9,19H,2-7,10-15H2,1H3. The molecule has 1 aliphatic heterocycles. The monoisotopic (exact) mass is 306 g/mol. The summed E-state index contributed by atoms with van der Waals surface area (Å²) in [6, 6.07) is 4.52. The van der Waals surface area contributed by atoms with Crippen LogP contribution in [0.1, 0.15) is 61.1 Å². The molecule has 1 N–H and O–H groups in total. The Kier molecular flexibility index (Phi) is 5.36. The lowest BCUT2D eigenvalue weighted by Crippen LogP contribution is -2.57. The number of nitrogens with zero attached hydrogens (tertiary/aromatic N) is 1. The van der Waals surface area contributed by atoms with E-state index in [1.165, 1.54) is 80.8 Å². The van der Waals surface area contributed by atoms with Crippen LogP contribution in [0, 0.1) is 6.92 Å². The fourth-order valence-electron chi connectivity index (χ4n) is 4.18. The third kappa shape index (κ3) is 3.88. The van der Waals surface area contributed by atoms with Crippen molar-refractivity contribution in [3.8, 4) is 0 Å². The van der Waals surface area contributed by atoms with Crippen LogP contribution in [0.15, 0.2) is 12.1 Å². The normalized spacial score (nSPS) is 23.3. The van der Waals surface area contributed by atoms with Crippen LogP contribution in [0.3, 0.4) is 0 Å². The van der Waals surface area contributed by atoms with E-state index in [4.69, 9.17) is 0 Å². The molecule has 1 saturated carbocycles. The van der Waals surface area contributed by atoms with Crippen molar-refractivity contribution in [2.75, 3.05) is 19.6 Å². The molecule has 2 fully saturated rings. The SMILES string of the molecule is Cc1ccc(CNCC2(N3CCCCC3)CCCCC2)s1. The number of nitrogens with one attached hydrogen (secondary N) is 1. The first-order chi connectivity index (χ1) is 10.3. The van der Waals surface area contributed by atoms with E-state index < -0.39 is 0 Å². The fraction of sp³-hybridized carbons (Fsp3) is 0.778. The van der Waals surface area contributed by atoms with E-state index in [9.17, 15) is 0 Å². The molecular formula is C18H30N2S. The molecule has 118 valence electrons. The van der Waals surface area contributed by atoms with Gasteiger partial charge in [0.05, 0.1) is 0 Å². The van der Waals surface area contributed by atoms with Gasteiger partial charge in [-0.1, -0.05) is 25.7 Å². The van der Waals surface area contributed by atoms with Crippen molar-refractivity contribution in [3.63, 3.8) is 0 Å². The van der Waals surface area contributed by atoms with Gasteiger partial charge < -0.3 is 5.32 Å².